The van der Waals surface area contributed by atoms with Crippen LogP contribution in [0.4, 0.5) is 22.4 Å². The fourth-order valence-corrected chi connectivity index (χ4v) is 5.18. The van der Waals surface area contributed by atoms with Crippen LogP contribution >= 0.6 is 0 Å². The van der Waals surface area contributed by atoms with E-state index in [1.54, 1.807) is 32.9 Å². The third kappa shape index (κ3) is 5.80. The monoisotopic (exact) mass is 614 g/mol. The van der Waals surface area contributed by atoms with Gasteiger partial charge in [0.2, 0.25) is 0 Å². The first kappa shape index (κ1) is 29.8. The Kier molecular flexibility index (Phi) is 7.48. The predicted octanol–water partition coefficient (Wildman–Crippen LogP) is 5.16. The van der Waals surface area contributed by atoms with Crippen molar-refractivity contribution in [2.24, 2.45) is 4.99 Å². The molecule has 0 aromatic heterocycles. The topological polar surface area (TPSA) is 122 Å². The van der Waals surface area contributed by atoms with Crippen LogP contribution in [0, 0.1) is 5.82 Å². The molecule has 3 aliphatic rings. The maximum atomic E-state index is 15.7. The lowest BCUT2D eigenvalue weighted by atomic mass is 9.79. The fraction of sp³-hybridized carbons (Fsp3) is 0.407. The molecule has 3 aliphatic heterocycles. The number of ether oxygens (including phenoxy) is 4. The van der Waals surface area contributed by atoms with Crippen molar-refractivity contribution in [2.75, 3.05) is 26.4 Å². The molecule has 0 fully saturated rings. The molecule has 1 N–H and O–H groups in total. The summed E-state index contributed by atoms with van der Waals surface area (Å²) in [4.78, 5) is 17.2. The molecule has 0 aliphatic carbocycles. The number of rotatable bonds is 3. The second-order valence-corrected chi connectivity index (χ2v) is 12.2. The van der Waals surface area contributed by atoms with Crippen molar-refractivity contribution in [3.8, 4) is 17.2 Å². The molecule has 226 valence electrons. The van der Waals surface area contributed by atoms with Crippen LogP contribution in [0.15, 0.2) is 41.4 Å². The van der Waals surface area contributed by atoms with E-state index >= 15 is 4.39 Å². The van der Waals surface area contributed by atoms with Gasteiger partial charge < -0.3 is 23.1 Å². The lowest BCUT2D eigenvalue weighted by molar-refractivity contribution is -0.0500. The number of hydrogen-bond acceptors (Lipinski definition) is 9. The van der Waals surface area contributed by atoms with Gasteiger partial charge in [-0.15, -0.1) is 0 Å². The number of amidine groups is 1. The van der Waals surface area contributed by atoms with E-state index in [1.807, 2.05) is 0 Å². The summed E-state index contributed by atoms with van der Waals surface area (Å²) in [5.74, 6) is -1.73. The summed E-state index contributed by atoms with van der Waals surface area (Å²) in [6.45, 7) is 5.25. The zero-order valence-corrected chi connectivity index (χ0v) is 23.4. The summed E-state index contributed by atoms with van der Waals surface area (Å²) in [6.07, 6.45) is 1.43. The van der Waals surface area contributed by atoms with Crippen LogP contribution in [0.2, 0.25) is 0 Å². The van der Waals surface area contributed by atoms with E-state index in [2.05, 4.69) is 9.50 Å². The van der Waals surface area contributed by atoms with Gasteiger partial charge in [-0.05, 0) is 68.7 Å². The third-order valence-electron chi connectivity index (χ3n) is 6.44. The number of nitrogens with one attached hydrogen (secondary N) is 1. The quantitative estimate of drug-likeness (QED) is 0.286. The predicted molar refractivity (Wildman–Crippen MR) is 140 cm³/mol. The van der Waals surface area contributed by atoms with Crippen LogP contribution in [-0.4, -0.2) is 57.9 Å². The normalized spacial score (nSPS) is 20.5. The number of hydrogen-bond donors (Lipinski definition) is 1. The van der Waals surface area contributed by atoms with Crippen molar-refractivity contribution >= 4 is 27.6 Å². The second-order valence-electron chi connectivity index (χ2n) is 10.7. The minimum Gasteiger partial charge on any atom is -0.453 e. The van der Waals surface area contributed by atoms with Crippen LogP contribution < -0.4 is 14.2 Å². The Morgan fingerprint density at radius 2 is 1.86 bits per heavy atom. The van der Waals surface area contributed by atoms with E-state index in [0.717, 1.165) is 23.8 Å². The average Bonchev–Trinajstić information content (AvgIpc) is 2.88. The lowest BCUT2D eigenvalue weighted by Gasteiger charge is -2.40. The standard InChI is InChI=1S/C27H26F4N2O8S/c1-25(2,3)40-24(34)32-22-13-38-14-26(33-22)18-12-17(41-42(35,36)27(29,30)31)4-5-21(18)39-23-19(26)10-16(11-20(23)28)15-6-8-37-9-7-15/h4-6,10-12H,7-9,13-14H2,1-3H3,(H,32,33,34). The summed E-state index contributed by atoms with van der Waals surface area (Å²) >= 11 is 0. The van der Waals surface area contributed by atoms with Gasteiger partial charge in [0.1, 0.15) is 35.1 Å². The first-order chi connectivity index (χ1) is 19.6. The van der Waals surface area contributed by atoms with E-state index in [0.29, 0.717) is 25.2 Å². The zero-order chi connectivity index (χ0) is 30.5. The summed E-state index contributed by atoms with van der Waals surface area (Å²) in [5, 5.41) is 2.50. The van der Waals surface area contributed by atoms with Crippen molar-refractivity contribution in [3.63, 3.8) is 0 Å². The number of carbonyl (C=O) groups is 1. The van der Waals surface area contributed by atoms with Gasteiger partial charge in [-0.3, -0.25) is 10.3 Å². The number of carbonyl (C=O) groups excluding carboxylic acids is 1. The highest BCUT2D eigenvalue weighted by Gasteiger charge is 2.50. The molecule has 1 amide bonds. The fourth-order valence-electron chi connectivity index (χ4n) is 4.73. The molecule has 0 radical (unpaired) electrons. The van der Waals surface area contributed by atoms with Crippen LogP contribution in [-0.2, 0) is 29.9 Å². The number of alkyl halides is 3. The molecule has 15 heteroatoms. The third-order valence-corrected chi connectivity index (χ3v) is 7.42. The average molecular weight is 615 g/mol. The van der Waals surface area contributed by atoms with Crippen LogP contribution in [0.3, 0.4) is 0 Å². The van der Waals surface area contributed by atoms with Gasteiger partial charge in [0.15, 0.2) is 11.6 Å². The number of halogens is 4. The van der Waals surface area contributed by atoms with Gasteiger partial charge in [-0.1, -0.05) is 6.08 Å². The van der Waals surface area contributed by atoms with Gasteiger partial charge in [-0.25, -0.2) is 9.18 Å². The molecule has 2 aromatic rings. The largest absolute Gasteiger partial charge is 0.534 e. The molecule has 0 saturated carbocycles. The molecule has 1 spiro atoms. The number of benzene rings is 2. The summed E-state index contributed by atoms with van der Waals surface area (Å²) in [6, 6.07) is 5.98. The molecule has 0 saturated heterocycles. The molecule has 3 heterocycles. The maximum Gasteiger partial charge on any atom is 0.534 e. The van der Waals surface area contributed by atoms with E-state index in [-0.39, 0.29) is 41.7 Å². The zero-order valence-electron chi connectivity index (χ0n) is 22.6. The van der Waals surface area contributed by atoms with Crippen LogP contribution in [0.25, 0.3) is 5.57 Å². The summed E-state index contributed by atoms with van der Waals surface area (Å²) in [7, 11) is -6.01. The summed E-state index contributed by atoms with van der Waals surface area (Å²) in [5.41, 5.74) is -6.81. The minimum atomic E-state index is -6.01. The van der Waals surface area contributed by atoms with E-state index in [1.165, 1.54) is 6.07 Å². The maximum absolute atomic E-state index is 15.7. The number of nitrogens with zero attached hydrogens (tertiary/aromatic N) is 1. The van der Waals surface area contributed by atoms with Crippen molar-refractivity contribution in [2.45, 2.75) is 43.8 Å². The van der Waals surface area contributed by atoms with Gasteiger partial charge in [0.05, 0.1) is 19.8 Å². The molecule has 42 heavy (non-hydrogen) atoms. The first-order valence-electron chi connectivity index (χ1n) is 12.7. The number of aliphatic imine (C=N–C) groups is 1. The van der Waals surface area contributed by atoms with Crippen molar-refractivity contribution in [1.82, 2.24) is 5.32 Å². The lowest BCUT2D eigenvalue weighted by Crippen LogP contribution is -2.46. The second kappa shape index (κ2) is 10.5. The van der Waals surface area contributed by atoms with Gasteiger partial charge in [-0.2, -0.15) is 21.6 Å². The number of fused-ring (bicyclic) bond motifs is 4. The highest BCUT2D eigenvalue weighted by Crippen LogP contribution is 2.53. The first-order valence-corrected chi connectivity index (χ1v) is 14.1. The molecule has 5 rings (SSSR count). The Hall–Kier alpha value is -3.69. The molecule has 1 unspecified atom stereocenters. The van der Waals surface area contributed by atoms with Crippen molar-refractivity contribution < 1.29 is 53.9 Å². The van der Waals surface area contributed by atoms with Crippen molar-refractivity contribution in [3.05, 3.63) is 58.9 Å². The Balaban J connectivity index is 1.68. The van der Waals surface area contributed by atoms with Crippen LogP contribution in [0.1, 0.15) is 43.9 Å². The smallest absolute Gasteiger partial charge is 0.453 e. The highest BCUT2D eigenvalue weighted by molar-refractivity contribution is 7.88. The van der Waals surface area contributed by atoms with Crippen LogP contribution in [0.5, 0.6) is 17.2 Å². The SMILES string of the molecule is CC(C)(C)OC(=O)NC1=NC2(COC1)c1cc(OS(=O)(=O)C(F)(F)F)ccc1Oc1c(F)cc(C3=CCOCC3)cc12. The molecular formula is C27H26F4N2O8S. The van der Waals surface area contributed by atoms with Crippen molar-refractivity contribution in [1.29, 1.82) is 0 Å². The Bertz CT molecular complexity index is 1600. The van der Waals surface area contributed by atoms with Gasteiger partial charge in [0.25, 0.3) is 0 Å². The highest BCUT2D eigenvalue weighted by atomic mass is 32.2. The molecule has 2 aromatic carbocycles. The molecule has 1 atom stereocenters. The van der Waals surface area contributed by atoms with Gasteiger partial charge in [0, 0.05) is 11.1 Å². The molecular weight excluding hydrogens is 588 g/mol. The Morgan fingerprint density at radius 1 is 1.10 bits per heavy atom. The van der Waals surface area contributed by atoms with E-state index in [4.69, 9.17) is 23.9 Å². The number of amides is 1. The minimum absolute atomic E-state index is 0.0190. The van der Waals surface area contributed by atoms with Gasteiger partial charge >= 0.3 is 21.7 Å². The van der Waals surface area contributed by atoms with E-state index in [9.17, 15) is 26.4 Å². The Labute approximate surface area is 238 Å². The molecule has 10 nitrogen and oxygen atoms in total. The summed E-state index contributed by atoms with van der Waals surface area (Å²) < 4.78 is 105. The van der Waals surface area contributed by atoms with E-state index < -0.39 is 44.4 Å². The Morgan fingerprint density at radius 3 is 2.52 bits per heavy atom. The molecule has 0 bridgehead atoms. The number of alkyl carbamates (subject to hydrolysis) is 1.